The Kier molecular flexibility index (Phi) is 11.0. The van der Waals surface area contributed by atoms with Gasteiger partial charge in [-0.1, -0.05) is 0 Å². The third kappa shape index (κ3) is 13.9. The Labute approximate surface area is 144 Å². The first kappa shape index (κ1) is 23.8. The summed E-state index contributed by atoms with van der Waals surface area (Å²) in [5.41, 5.74) is 0. The summed E-state index contributed by atoms with van der Waals surface area (Å²) in [6, 6.07) is 0. The molecule has 2 saturated heterocycles. The molecule has 2 aliphatic heterocycles. The number of rotatable bonds is 0. The summed E-state index contributed by atoms with van der Waals surface area (Å²) in [6.07, 6.45) is -1.70. The van der Waals surface area contributed by atoms with Gasteiger partial charge in [0, 0.05) is 0 Å². The second kappa shape index (κ2) is 9.66. The fourth-order valence-corrected chi connectivity index (χ4v) is 1.46. The summed E-state index contributed by atoms with van der Waals surface area (Å²) in [5.74, 6) is 0. The van der Waals surface area contributed by atoms with Crippen LogP contribution in [0.3, 0.4) is 0 Å². The first-order valence-electron chi connectivity index (χ1n) is 4.78. The number of hydrogen-bond acceptors (Lipinski definition) is 8. The minimum absolute atomic E-state index is 0. The molecule has 0 aromatic heterocycles. The molecule has 0 aromatic carbocycles. The summed E-state index contributed by atoms with van der Waals surface area (Å²) in [6.45, 7) is 0.568. The SMILES string of the molecule is O=S(=O)(O)O.O=S(=O)(O)O.O[C@@H]1CO[C@H]2[C@@H]1OC[C@@H]2O.[H-].[Na+]. The van der Waals surface area contributed by atoms with Crippen LogP contribution in [0.5, 0.6) is 0 Å². The van der Waals surface area contributed by atoms with Crippen LogP contribution < -0.4 is 29.6 Å². The molecule has 0 spiro atoms. The molecule has 0 amide bonds. The van der Waals surface area contributed by atoms with Crippen molar-refractivity contribution in [3.63, 3.8) is 0 Å². The Morgan fingerprint density at radius 3 is 1.14 bits per heavy atom. The molecule has 2 heterocycles. The van der Waals surface area contributed by atoms with Crippen molar-refractivity contribution in [3.05, 3.63) is 0 Å². The molecule has 0 radical (unpaired) electrons. The van der Waals surface area contributed by atoms with Crippen molar-refractivity contribution in [2.75, 3.05) is 13.2 Å². The van der Waals surface area contributed by atoms with Crippen LogP contribution in [-0.2, 0) is 30.3 Å². The van der Waals surface area contributed by atoms with Gasteiger partial charge in [-0.05, 0) is 0 Å². The van der Waals surface area contributed by atoms with Crippen LogP contribution in [0.25, 0.3) is 0 Å². The molecule has 15 heteroatoms. The molecule has 0 aliphatic carbocycles. The van der Waals surface area contributed by atoms with Gasteiger partial charge >= 0.3 is 50.4 Å². The smallest absolute Gasteiger partial charge is 1.00 e. The first-order chi connectivity index (χ1) is 8.79. The van der Waals surface area contributed by atoms with Crippen molar-refractivity contribution in [1.29, 1.82) is 0 Å². The van der Waals surface area contributed by atoms with Crippen molar-refractivity contribution >= 4 is 20.8 Å². The van der Waals surface area contributed by atoms with Crippen LogP contribution in [0, 0.1) is 0 Å². The van der Waals surface area contributed by atoms with Gasteiger partial charge < -0.3 is 21.1 Å². The summed E-state index contributed by atoms with van der Waals surface area (Å²) >= 11 is 0. The first-order valence-corrected chi connectivity index (χ1v) is 7.57. The zero-order valence-electron chi connectivity index (χ0n) is 11.7. The average Bonchev–Trinajstić information content (AvgIpc) is 2.67. The predicted octanol–water partition coefficient (Wildman–Crippen LogP) is -5.68. The number of ether oxygens (including phenoxy) is 2. The van der Waals surface area contributed by atoms with Crippen LogP contribution >= 0.6 is 0 Å². The Morgan fingerprint density at radius 1 is 0.762 bits per heavy atom. The quantitative estimate of drug-likeness (QED) is 0.175. The van der Waals surface area contributed by atoms with Gasteiger partial charge in [0.2, 0.25) is 0 Å². The van der Waals surface area contributed by atoms with E-state index in [4.69, 9.17) is 54.7 Å². The maximum Gasteiger partial charge on any atom is 1.00 e. The summed E-state index contributed by atoms with van der Waals surface area (Å²) in [4.78, 5) is 0. The molecule has 21 heavy (non-hydrogen) atoms. The summed E-state index contributed by atoms with van der Waals surface area (Å²) < 4.78 is 73.3. The molecule has 0 saturated carbocycles. The van der Waals surface area contributed by atoms with Crippen LogP contribution in [0.15, 0.2) is 0 Å². The van der Waals surface area contributed by atoms with Gasteiger partial charge in [-0.25, -0.2) is 0 Å². The average molecular weight is 366 g/mol. The molecule has 2 rings (SSSR count). The maximum absolute atomic E-state index is 9.16. The number of aliphatic hydroxyl groups excluding tert-OH is 2. The van der Waals surface area contributed by atoms with E-state index in [0.717, 1.165) is 0 Å². The van der Waals surface area contributed by atoms with E-state index in [-0.39, 0.29) is 56.4 Å². The molecule has 4 atom stereocenters. The Balaban J connectivity index is -0.000000264. The standard InChI is InChI=1S/C6H10O4.Na.2H2O4S.H/c7-3-1-9-6-4(8)2-10-5(3)6;;2*1-5(2,3)4;/h3-8H,1-2H2;;2*(H2,1,2,3,4);/q;+1;;;-1/t3-,4+,5-,6-;;;;/m1..../s1. The van der Waals surface area contributed by atoms with E-state index in [0.29, 0.717) is 0 Å². The molecule has 0 unspecified atom stereocenters. The predicted molar refractivity (Wildman–Crippen MR) is 61.0 cm³/mol. The van der Waals surface area contributed by atoms with Crippen LogP contribution in [-0.4, -0.2) is 82.9 Å². The van der Waals surface area contributed by atoms with E-state index in [1.54, 1.807) is 0 Å². The fourth-order valence-electron chi connectivity index (χ4n) is 1.46. The largest absolute Gasteiger partial charge is 1.00 e. The summed E-state index contributed by atoms with van der Waals surface area (Å²) in [5, 5.41) is 18.3. The molecule has 6 N–H and O–H groups in total. The van der Waals surface area contributed by atoms with Gasteiger partial charge in [0.15, 0.2) is 0 Å². The molecule has 12 nitrogen and oxygen atoms in total. The molecule has 0 aromatic rings. The van der Waals surface area contributed by atoms with E-state index in [9.17, 15) is 0 Å². The van der Waals surface area contributed by atoms with E-state index in [1.165, 1.54) is 0 Å². The Hall–Kier alpha value is 0.580. The number of hydrogen-bond donors (Lipinski definition) is 6. The molecule has 0 bridgehead atoms. The zero-order chi connectivity index (χ0) is 16.1. The minimum atomic E-state index is -4.67. The van der Waals surface area contributed by atoms with Gasteiger partial charge in [0.05, 0.1) is 13.2 Å². The normalized spacial score (nSPS) is 31.0. The fraction of sp³-hybridized carbons (Fsp3) is 1.00. The van der Waals surface area contributed by atoms with Crippen LogP contribution in [0.2, 0.25) is 0 Å². The second-order valence-electron chi connectivity index (χ2n) is 3.63. The maximum atomic E-state index is 9.16. The third-order valence-electron chi connectivity index (χ3n) is 2.00. The second-order valence-corrected chi connectivity index (χ2v) is 5.42. The number of fused-ring (bicyclic) bond motifs is 1. The summed E-state index contributed by atoms with van der Waals surface area (Å²) in [7, 11) is -9.33. The van der Waals surface area contributed by atoms with Crippen molar-refractivity contribution in [2.45, 2.75) is 24.4 Å². The van der Waals surface area contributed by atoms with E-state index in [1.807, 2.05) is 0 Å². The van der Waals surface area contributed by atoms with Crippen LogP contribution in [0.4, 0.5) is 0 Å². The van der Waals surface area contributed by atoms with Gasteiger partial charge in [-0.3, -0.25) is 18.2 Å². The van der Waals surface area contributed by atoms with E-state index >= 15 is 0 Å². The Morgan fingerprint density at radius 2 is 0.952 bits per heavy atom. The molecule has 124 valence electrons. The van der Waals surface area contributed by atoms with E-state index < -0.39 is 33.0 Å². The van der Waals surface area contributed by atoms with Gasteiger partial charge in [0.1, 0.15) is 24.4 Å². The van der Waals surface area contributed by atoms with Crippen LogP contribution in [0.1, 0.15) is 1.43 Å². The molecule has 2 aliphatic rings. The monoisotopic (exact) mass is 366 g/mol. The van der Waals surface area contributed by atoms with Gasteiger partial charge in [0.25, 0.3) is 0 Å². The van der Waals surface area contributed by atoms with Crippen molar-refractivity contribution < 1.29 is 85.7 Å². The molecular weight excluding hydrogens is 351 g/mol. The zero-order valence-corrected chi connectivity index (χ0v) is 14.3. The van der Waals surface area contributed by atoms with Crippen molar-refractivity contribution in [2.24, 2.45) is 0 Å². The molecular formula is C6H15NaO12S2. The topological polar surface area (TPSA) is 208 Å². The third-order valence-corrected chi connectivity index (χ3v) is 2.00. The number of aliphatic hydroxyl groups is 2. The van der Waals surface area contributed by atoms with E-state index in [2.05, 4.69) is 0 Å². The van der Waals surface area contributed by atoms with Gasteiger partial charge in [-0.15, -0.1) is 0 Å². The van der Waals surface area contributed by atoms with Crippen molar-refractivity contribution in [3.8, 4) is 0 Å². The minimum Gasteiger partial charge on any atom is -1.00 e. The Bertz CT molecular complexity index is 432. The van der Waals surface area contributed by atoms with Gasteiger partial charge in [-0.2, -0.15) is 16.8 Å². The molecule has 2 fully saturated rings. The van der Waals surface area contributed by atoms with Crippen molar-refractivity contribution in [1.82, 2.24) is 0 Å².